The molecule has 10 heteroatoms. The number of hydrogen-bond donors (Lipinski definition) is 3. The Labute approximate surface area is 189 Å². The van der Waals surface area contributed by atoms with Crippen LogP contribution in [-0.4, -0.2) is 31.4 Å². The van der Waals surface area contributed by atoms with Crippen molar-refractivity contribution in [3.63, 3.8) is 0 Å². The first-order chi connectivity index (χ1) is 15.8. The minimum absolute atomic E-state index is 0.0109. The second kappa shape index (κ2) is 8.75. The first-order valence-corrected chi connectivity index (χ1v) is 11.2. The maximum absolute atomic E-state index is 13.2. The highest BCUT2D eigenvalue weighted by Gasteiger charge is 2.21. The number of carbonyl (C=O) groups is 1. The number of anilines is 2. The first-order valence-electron chi connectivity index (χ1n) is 9.69. The van der Waals surface area contributed by atoms with Gasteiger partial charge >= 0.3 is 0 Å². The molecular formula is C23H19FN4O4S. The number of aromatic nitrogens is 2. The molecule has 0 spiro atoms. The fourth-order valence-electron chi connectivity index (χ4n) is 3.12. The number of benzene rings is 3. The molecule has 0 unspecified atom stereocenters. The van der Waals surface area contributed by atoms with E-state index >= 15 is 0 Å². The van der Waals surface area contributed by atoms with Crippen molar-refractivity contribution < 1.29 is 22.3 Å². The van der Waals surface area contributed by atoms with Crippen molar-refractivity contribution in [2.24, 2.45) is 0 Å². The number of nitrogens with zero attached hydrogens (tertiary/aromatic N) is 1. The van der Waals surface area contributed by atoms with E-state index in [4.69, 9.17) is 10.5 Å². The Morgan fingerprint density at radius 3 is 2.33 bits per heavy atom. The number of methoxy groups -OCH3 is 1. The third-order valence-electron chi connectivity index (χ3n) is 4.92. The van der Waals surface area contributed by atoms with E-state index in [1.807, 2.05) is 0 Å². The summed E-state index contributed by atoms with van der Waals surface area (Å²) in [5.74, 6) is -0.815. The first kappa shape index (κ1) is 22.0. The number of halogens is 1. The summed E-state index contributed by atoms with van der Waals surface area (Å²) in [5, 5.41) is 2.61. The van der Waals surface area contributed by atoms with Crippen molar-refractivity contribution in [1.82, 2.24) is 9.97 Å². The van der Waals surface area contributed by atoms with E-state index in [-0.39, 0.29) is 27.3 Å². The lowest BCUT2D eigenvalue weighted by atomic mass is 10.0. The second-order valence-electron chi connectivity index (χ2n) is 7.05. The zero-order valence-electron chi connectivity index (χ0n) is 17.4. The number of amides is 1. The number of ether oxygens (including phenoxy) is 1. The van der Waals surface area contributed by atoms with Crippen LogP contribution in [-0.2, 0) is 9.84 Å². The van der Waals surface area contributed by atoms with Gasteiger partial charge in [0.15, 0.2) is 5.03 Å². The average molecular weight is 466 g/mol. The molecule has 0 atom stereocenters. The van der Waals surface area contributed by atoms with E-state index in [9.17, 15) is 17.6 Å². The molecule has 1 aromatic heterocycles. The number of carbonyl (C=O) groups excluding carboxylic acids is 1. The van der Waals surface area contributed by atoms with Crippen LogP contribution in [0.1, 0.15) is 10.4 Å². The largest absolute Gasteiger partial charge is 0.468 e. The van der Waals surface area contributed by atoms with Crippen molar-refractivity contribution >= 4 is 27.1 Å². The number of hydrogen-bond acceptors (Lipinski definition) is 6. The Hall–Kier alpha value is -4.18. The Bertz CT molecular complexity index is 1420. The third kappa shape index (κ3) is 4.55. The van der Waals surface area contributed by atoms with E-state index in [0.29, 0.717) is 11.4 Å². The van der Waals surface area contributed by atoms with Crippen molar-refractivity contribution in [1.29, 1.82) is 0 Å². The minimum atomic E-state index is -3.85. The molecule has 3 aromatic carbocycles. The van der Waals surface area contributed by atoms with Crippen molar-refractivity contribution in [3.8, 4) is 17.1 Å². The molecule has 0 aliphatic rings. The summed E-state index contributed by atoms with van der Waals surface area (Å²) in [6.07, 6.45) is 1.16. The third-order valence-corrected chi connectivity index (χ3v) is 6.60. The van der Waals surface area contributed by atoms with Gasteiger partial charge in [0, 0.05) is 5.56 Å². The van der Waals surface area contributed by atoms with Gasteiger partial charge in [0.1, 0.15) is 5.82 Å². The number of imidazole rings is 1. The summed E-state index contributed by atoms with van der Waals surface area (Å²) in [5.41, 5.74) is 8.48. The average Bonchev–Trinajstić information content (AvgIpc) is 3.31. The predicted octanol–water partition coefficient (Wildman–Crippen LogP) is 3.89. The van der Waals surface area contributed by atoms with Gasteiger partial charge in [-0.05, 0) is 59.7 Å². The van der Waals surface area contributed by atoms with Crippen molar-refractivity contribution in [3.05, 3.63) is 84.3 Å². The molecule has 4 rings (SSSR count). The van der Waals surface area contributed by atoms with Crippen molar-refractivity contribution in [2.75, 3.05) is 18.2 Å². The highest BCUT2D eigenvalue weighted by molar-refractivity contribution is 7.91. The standard InChI is InChI=1S/C23H19FN4O4S/c1-32-23-26-13-21(28-23)33(30,31)18-9-4-15(5-10-18)22(29)27-20-12-16(6-11-19(20)25)14-2-7-17(24)8-3-14/h2-13H,25H2,1H3,(H,26,28)(H,27,29). The Kier molecular flexibility index (Phi) is 5.84. The predicted molar refractivity (Wildman–Crippen MR) is 121 cm³/mol. The van der Waals surface area contributed by atoms with Crippen LogP contribution < -0.4 is 15.8 Å². The van der Waals surface area contributed by atoms with Gasteiger partial charge in [-0.1, -0.05) is 18.2 Å². The highest BCUT2D eigenvalue weighted by atomic mass is 32.2. The van der Waals surface area contributed by atoms with Crippen LogP contribution in [0.2, 0.25) is 0 Å². The Morgan fingerprint density at radius 1 is 1.03 bits per heavy atom. The normalized spacial score (nSPS) is 11.2. The van der Waals surface area contributed by atoms with Gasteiger partial charge in [-0.15, -0.1) is 0 Å². The molecule has 33 heavy (non-hydrogen) atoms. The van der Waals surface area contributed by atoms with Crippen LogP contribution in [0.3, 0.4) is 0 Å². The number of nitrogens with two attached hydrogens (primary N) is 1. The molecule has 0 aliphatic heterocycles. The number of H-pyrrole nitrogens is 1. The zero-order chi connectivity index (χ0) is 23.6. The Balaban J connectivity index is 1.54. The summed E-state index contributed by atoms with van der Waals surface area (Å²) in [7, 11) is -2.49. The molecule has 4 N–H and O–H groups in total. The van der Waals surface area contributed by atoms with E-state index < -0.39 is 15.7 Å². The molecule has 1 amide bonds. The molecule has 168 valence electrons. The van der Waals surface area contributed by atoms with E-state index in [1.54, 1.807) is 30.3 Å². The van der Waals surface area contributed by atoms with Crippen molar-refractivity contribution in [2.45, 2.75) is 9.92 Å². The number of nitrogen functional groups attached to an aromatic ring is 1. The lowest BCUT2D eigenvalue weighted by Crippen LogP contribution is -2.13. The molecule has 0 bridgehead atoms. The van der Waals surface area contributed by atoms with Gasteiger partial charge < -0.3 is 15.8 Å². The lowest BCUT2D eigenvalue weighted by molar-refractivity contribution is 0.102. The second-order valence-corrected chi connectivity index (χ2v) is 8.97. The molecule has 4 aromatic rings. The minimum Gasteiger partial charge on any atom is -0.468 e. The van der Waals surface area contributed by atoms with E-state index in [0.717, 1.165) is 17.3 Å². The van der Waals surface area contributed by atoms with Crippen LogP contribution in [0.5, 0.6) is 6.01 Å². The fourth-order valence-corrected chi connectivity index (χ4v) is 4.28. The van der Waals surface area contributed by atoms with Gasteiger partial charge in [0.2, 0.25) is 9.84 Å². The van der Waals surface area contributed by atoms with Crippen LogP contribution in [0.4, 0.5) is 15.8 Å². The van der Waals surface area contributed by atoms with Gasteiger partial charge in [-0.25, -0.2) is 17.8 Å². The smallest absolute Gasteiger partial charge is 0.294 e. The highest BCUT2D eigenvalue weighted by Crippen LogP contribution is 2.28. The van der Waals surface area contributed by atoms with Gasteiger partial charge in [0.25, 0.3) is 11.9 Å². The maximum Gasteiger partial charge on any atom is 0.294 e. The summed E-state index contributed by atoms with van der Waals surface area (Å²) in [6, 6.07) is 16.6. The SMILES string of the molecule is COc1ncc(S(=O)(=O)c2ccc(C(=O)Nc3cc(-c4ccc(F)cc4)ccc3N)cc2)[nH]1. The number of nitrogens with one attached hydrogen (secondary N) is 2. The quantitative estimate of drug-likeness (QED) is 0.370. The lowest BCUT2D eigenvalue weighted by Gasteiger charge is -2.11. The molecular weight excluding hydrogens is 447 g/mol. The van der Waals surface area contributed by atoms with Gasteiger partial charge in [-0.3, -0.25) is 9.78 Å². The molecule has 0 aliphatic carbocycles. The van der Waals surface area contributed by atoms with Crippen LogP contribution in [0.15, 0.2) is 82.8 Å². The van der Waals surface area contributed by atoms with E-state index in [1.165, 1.54) is 43.5 Å². The zero-order valence-corrected chi connectivity index (χ0v) is 18.2. The molecule has 8 nitrogen and oxygen atoms in total. The van der Waals surface area contributed by atoms with Crippen LogP contribution in [0.25, 0.3) is 11.1 Å². The summed E-state index contributed by atoms with van der Waals surface area (Å²) >= 11 is 0. The maximum atomic E-state index is 13.2. The summed E-state index contributed by atoms with van der Waals surface area (Å²) in [6.45, 7) is 0. The Morgan fingerprint density at radius 2 is 1.70 bits per heavy atom. The monoisotopic (exact) mass is 466 g/mol. The molecule has 1 heterocycles. The number of aromatic amines is 1. The summed E-state index contributed by atoms with van der Waals surface area (Å²) < 4.78 is 43.5. The number of rotatable bonds is 6. The van der Waals surface area contributed by atoms with Gasteiger partial charge in [0.05, 0.1) is 29.6 Å². The van der Waals surface area contributed by atoms with Crippen LogP contribution in [0, 0.1) is 5.82 Å². The molecule has 0 radical (unpaired) electrons. The summed E-state index contributed by atoms with van der Waals surface area (Å²) in [4.78, 5) is 19.1. The molecule has 0 fully saturated rings. The van der Waals surface area contributed by atoms with E-state index in [2.05, 4.69) is 15.3 Å². The van der Waals surface area contributed by atoms with Gasteiger partial charge in [-0.2, -0.15) is 0 Å². The topological polar surface area (TPSA) is 127 Å². The number of sulfone groups is 1. The molecule has 0 saturated carbocycles. The van der Waals surface area contributed by atoms with Crippen LogP contribution >= 0.6 is 0 Å². The molecule has 0 saturated heterocycles. The fraction of sp³-hybridized carbons (Fsp3) is 0.0435.